The molecule has 9 heteroatoms. The van der Waals surface area contributed by atoms with Crippen LogP contribution in [0.5, 0.6) is 0 Å². The number of nitrogens with one attached hydrogen (secondary N) is 1. The Morgan fingerprint density at radius 1 is 0.603 bits per heavy atom. The van der Waals surface area contributed by atoms with E-state index in [1.165, 1.54) is 128 Å². The maximum atomic E-state index is 12.9. The molecule has 0 aliphatic carbocycles. The molecule has 8 nitrogen and oxygen atoms in total. The van der Waals surface area contributed by atoms with Crippen molar-refractivity contribution >= 4 is 13.7 Å². The highest BCUT2D eigenvalue weighted by Gasteiger charge is 2.23. The van der Waals surface area contributed by atoms with Gasteiger partial charge in [-0.15, -0.1) is 0 Å². The highest BCUT2D eigenvalue weighted by atomic mass is 31.2. The largest absolute Gasteiger partial charge is 0.756 e. The second kappa shape index (κ2) is 40.8. The van der Waals surface area contributed by atoms with Crippen LogP contribution in [0.3, 0.4) is 0 Å². The minimum atomic E-state index is -4.60. The predicted molar refractivity (Wildman–Crippen MR) is 247 cm³/mol. The molecule has 3 unspecified atom stereocenters. The summed E-state index contributed by atoms with van der Waals surface area (Å²) in [5.41, 5.74) is 0. The predicted octanol–water partition coefficient (Wildman–Crippen LogP) is 13.0. The lowest BCUT2D eigenvalue weighted by Crippen LogP contribution is -2.45. The van der Waals surface area contributed by atoms with Gasteiger partial charge in [-0.3, -0.25) is 9.36 Å². The van der Waals surface area contributed by atoms with Crippen molar-refractivity contribution in [3.63, 3.8) is 0 Å². The number of hydrogen-bond acceptors (Lipinski definition) is 6. The summed E-state index contributed by atoms with van der Waals surface area (Å²) in [7, 11) is 1.23. The number of unbranched alkanes of at least 4 members (excludes halogenated alkanes) is 24. The molecule has 0 heterocycles. The lowest BCUT2D eigenvalue weighted by Gasteiger charge is -2.29. The average Bonchev–Trinajstić information content (AvgIpc) is 3.17. The summed E-state index contributed by atoms with van der Waals surface area (Å²) < 4.78 is 23.2. The summed E-state index contributed by atoms with van der Waals surface area (Å²) in [6, 6.07) is -0.907. The van der Waals surface area contributed by atoms with Crippen LogP contribution in [0.15, 0.2) is 48.6 Å². The zero-order valence-corrected chi connectivity index (χ0v) is 39.4. The standard InChI is InChI=1S/C49H93N2O6P/c1-6-8-10-12-14-16-18-20-22-24-25-27-28-30-32-34-36-38-40-42-48(52)47(46-57-58(54,55)56-45-44-51(3,4)5)50-49(53)43-41-39-37-35-33-31-29-26-23-21-19-17-15-13-11-9-7-2/h15,17,21,23,32,34,40,42,47-48,52H,6-14,16,18-20,22,24-31,33,35-39,41,43-46H2,1-5H3,(H-,50,53,54,55)/b17-15-,23-21-,34-32+,42-40+. The molecule has 3 atom stereocenters. The first-order valence-corrected chi connectivity index (χ1v) is 25.5. The highest BCUT2D eigenvalue weighted by Crippen LogP contribution is 2.38. The fourth-order valence-corrected chi connectivity index (χ4v) is 7.39. The number of amides is 1. The Labute approximate surface area is 359 Å². The third-order valence-electron chi connectivity index (χ3n) is 10.5. The molecule has 340 valence electrons. The van der Waals surface area contributed by atoms with Crippen LogP contribution in [0.25, 0.3) is 0 Å². The number of quaternary nitrogens is 1. The van der Waals surface area contributed by atoms with Crippen LogP contribution in [0.2, 0.25) is 0 Å². The number of aliphatic hydroxyl groups is 1. The number of aliphatic hydroxyl groups excluding tert-OH is 1. The summed E-state index contributed by atoms with van der Waals surface area (Å²) in [5.74, 6) is -0.216. The molecular formula is C49H93N2O6P. The van der Waals surface area contributed by atoms with Gasteiger partial charge in [0.05, 0.1) is 39.9 Å². The van der Waals surface area contributed by atoms with Crippen molar-refractivity contribution in [3.05, 3.63) is 48.6 Å². The Kier molecular flexibility index (Phi) is 39.8. The third-order valence-corrected chi connectivity index (χ3v) is 11.5. The van der Waals surface area contributed by atoms with E-state index in [0.29, 0.717) is 17.4 Å². The van der Waals surface area contributed by atoms with E-state index in [-0.39, 0.29) is 12.5 Å². The van der Waals surface area contributed by atoms with Gasteiger partial charge in [0.2, 0.25) is 5.91 Å². The second-order valence-electron chi connectivity index (χ2n) is 17.5. The van der Waals surface area contributed by atoms with Crippen LogP contribution in [-0.2, 0) is 18.4 Å². The van der Waals surface area contributed by atoms with Crippen LogP contribution in [0, 0.1) is 0 Å². The number of phosphoric acid groups is 1. The molecule has 2 N–H and O–H groups in total. The molecule has 0 radical (unpaired) electrons. The summed E-state index contributed by atoms with van der Waals surface area (Å²) in [6.45, 7) is 4.60. The normalized spacial score (nSPS) is 14.7. The fourth-order valence-electron chi connectivity index (χ4n) is 6.67. The van der Waals surface area contributed by atoms with Gasteiger partial charge in [-0.1, -0.05) is 184 Å². The first-order valence-electron chi connectivity index (χ1n) is 24.0. The Balaban J connectivity index is 4.44. The Hall–Kier alpha value is -1.54. The third kappa shape index (κ3) is 42.6. The maximum Gasteiger partial charge on any atom is 0.268 e. The van der Waals surface area contributed by atoms with E-state index < -0.39 is 26.6 Å². The summed E-state index contributed by atoms with van der Waals surface area (Å²) in [4.78, 5) is 25.3. The molecule has 0 fully saturated rings. The average molecular weight is 837 g/mol. The van der Waals surface area contributed by atoms with E-state index in [4.69, 9.17) is 9.05 Å². The monoisotopic (exact) mass is 837 g/mol. The van der Waals surface area contributed by atoms with Crippen LogP contribution in [0.4, 0.5) is 0 Å². The van der Waals surface area contributed by atoms with E-state index >= 15 is 0 Å². The van der Waals surface area contributed by atoms with Crippen molar-refractivity contribution in [1.82, 2.24) is 5.32 Å². The first-order chi connectivity index (χ1) is 28.0. The van der Waals surface area contributed by atoms with Gasteiger partial charge in [-0.25, -0.2) is 0 Å². The van der Waals surface area contributed by atoms with Crippen LogP contribution in [0.1, 0.15) is 206 Å². The van der Waals surface area contributed by atoms with Gasteiger partial charge in [0, 0.05) is 6.42 Å². The molecular weight excluding hydrogens is 744 g/mol. The van der Waals surface area contributed by atoms with E-state index in [9.17, 15) is 19.4 Å². The second-order valence-corrected chi connectivity index (χ2v) is 18.9. The van der Waals surface area contributed by atoms with Crippen molar-refractivity contribution in [3.8, 4) is 0 Å². The summed E-state index contributed by atoms with van der Waals surface area (Å²) >= 11 is 0. The number of carbonyl (C=O) groups excluding carboxylic acids is 1. The molecule has 0 aliphatic heterocycles. The van der Waals surface area contributed by atoms with Crippen molar-refractivity contribution in [1.29, 1.82) is 0 Å². The molecule has 0 saturated carbocycles. The number of phosphoric ester groups is 1. The van der Waals surface area contributed by atoms with E-state index in [2.05, 4.69) is 55.6 Å². The van der Waals surface area contributed by atoms with Gasteiger partial charge >= 0.3 is 0 Å². The first kappa shape index (κ1) is 56.5. The molecule has 0 bridgehead atoms. The number of hydrogen-bond donors (Lipinski definition) is 2. The van der Waals surface area contributed by atoms with Crippen molar-refractivity contribution in [2.45, 2.75) is 219 Å². The lowest BCUT2D eigenvalue weighted by molar-refractivity contribution is -0.870. The quantitative estimate of drug-likeness (QED) is 0.0274. The molecule has 0 aromatic rings. The minimum Gasteiger partial charge on any atom is -0.756 e. The van der Waals surface area contributed by atoms with Crippen molar-refractivity contribution in [2.24, 2.45) is 0 Å². The van der Waals surface area contributed by atoms with Gasteiger partial charge in [0.15, 0.2) is 0 Å². The Morgan fingerprint density at radius 2 is 1.02 bits per heavy atom. The molecule has 0 rings (SSSR count). The number of allylic oxidation sites excluding steroid dienone is 7. The molecule has 0 saturated heterocycles. The van der Waals surface area contributed by atoms with Crippen LogP contribution >= 0.6 is 7.82 Å². The molecule has 0 spiro atoms. The molecule has 0 aliphatic rings. The van der Waals surface area contributed by atoms with Gasteiger partial charge in [-0.2, -0.15) is 0 Å². The smallest absolute Gasteiger partial charge is 0.268 e. The van der Waals surface area contributed by atoms with Crippen LogP contribution in [-0.4, -0.2) is 68.5 Å². The lowest BCUT2D eigenvalue weighted by atomic mass is 10.0. The van der Waals surface area contributed by atoms with E-state index in [1.54, 1.807) is 6.08 Å². The summed E-state index contributed by atoms with van der Waals surface area (Å²) in [6.07, 6.45) is 51.6. The van der Waals surface area contributed by atoms with E-state index in [1.807, 2.05) is 27.2 Å². The Bertz CT molecular complexity index is 1090. The maximum absolute atomic E-state index is 12.9. The Morgan fingerprint density at radius 3 is 1.53 bits per heavy atom. The zero-order chi connectivity index (χ0) is 42.8. The van der Waals surface area contributed by atoms with Gasteiger partial charge in [0.25, 0.3) is 7.82 Å². The van der Waals surface area contributed by atoms with Crippen molar-refractivity contribution < 1.29 is 32.9 Å². The topological polar surface area (TPSA) is 108 Å². The number of likely N-dealkylation sites (N-methyl/N-ethyl adjacent to an activating group) is 1. The number of rotatable bonds is 43. The molecule has 58 heavy (non-hydrogen) atoms. The number of carbonyl (C=O) groups is 1. The SMILES string of the molecule is CCCCC/C=C\C/C=C\CCCCCCCCCC(=O)NC(COP(=O)([O-])OCC[N+](C)(C)C)C(O)/C=C/CC/C=C/CCCCCCCCCCCCCCC. The van der Waals surface area contributed by atoms with Crippen LogP contribution < -0.4 is 10.2 Å². The highest BCUT2D eigenvalue weighted by molar-refractivity contribution is 7.45. The van der Waals surface area contributed by atoms with Gasteiger partial charge in [-0.05, 0) is 64.2 Å². The molecule has 0 aromatic carbocycles. The van der Waals surface area contributed by atoms with E-state index in [0.717, 1.165) is 57.8 Å². The zero-order valence-electron chi connectivity index (χ0n) is 38.5. The van der Waals surface area contributed by atoms with Crippen molar-refractivity contribution in [2.75, 3.05) is 40.9 Å². The van der Waals surface area contributed by atoms with Gasteiger partial charge < -0.3 is 28.8 Å². The minimum absolute atomic E-state index is 0.00912. The number of nitrogens with zero attached hydrogens (tertiary/aromatic N) is 1. The van der Waals surface area contributed by atoms with Gasteiger partial charge in [0.1, 0.15) is 13.2 Å². The fraction of sp³-hybridized carbons (Fsp3) is 0.816. The molecule has 0 aromatic heterocycles. The summed E-state index contributed by atoms with van der Waals surface area (Å²) in [5, 5.41) is 13.8. The molecule has 1 amide bonds.